The van der Waals surface area contributed by atoms with Crippen molar-refractivity contribution in [1.29, 1.82) is 0 Å². The molecule has 0 aromatic heterocycles. The van der Waals surface area contributed by atoms with Crippen molar-refractivity contribution < 1.29 is 9.47 Å². The van der Waals surface area contributed by atoms with Crippen molar-refractivity contribution in [2.24, 2.45) is 5.73 Å². The van der Waals surface area contributed by atoms with Gasteiger partial charge in [-0.1, -0.05) is 33.6 Å². The van der Waals surface area contributed by atoms with E-state index in [-0.39, 0.29) is 0 Å². The second-order valence-corrected chi connectivity index (χ2v) is 6.17. The van der Waals surface area contributed by atoms with Gasteiger partial charge in [-0.15, -0.1) is 0 Å². The molecule has 0 spiro atoms. The van der Waals surface area contributed by atoms with Gasteiger partial charge in [-0.2, -0.15) is 0 Å². The van der Waals surface area contributed by atoms with E-state index in [9.17, 15) is 0 Å². The number of ether oxygens (including phenoxy) is 2. The minimum absolute atomic E-state index is 0.476. The van der Waals surface area contributed by atoms with Crippen molar-refractivity contribution in [3.8, 4) is 11.5 Å². The number of hydrogen-bond acceptors (Lipinski definition) is 3. The molecule has 0 saturated heterocycles. The minimum Gasteiger partial charge on any atom is -0.493 e. The van der Waals surface area contributed by atoms with Crippen LogP contribution in [0.4, 0.5) is 0 Å². The summed E-state index contributed by atoms with van der Waals surface area (Å²) in [5, 5.41) is 0. The van der Waals surface area contributed by atoms with E-state index >= 15 is 0 Å². The fourth-order valence-electron chi connectivity index (χ4n) is 2.62. The third kappa shape index (κ3) is 3.06. The lowest BCUT2D eigenvalue weighted by atomic mass is 10.1. The van der Waals surface area contributed by atoms with Gasteiger partial charge in [-0.25, -0.2) is 0 Å². The Morgan fingerprint density at radius 2 is 2.10 bits per heavy atom. The Kier molecular flexibility index (Phi) is 4.17. The highest BCUT2D eigenvalue weighted by atomic mass is 79.9. The molecule has 1 aliphatic rings. The first-order valence-electron chi connectivity index (χ1n) is 7.04. The summed E-state index contributed by atoms with van der Waals surface area (Å²) in [6, 6.07) is 10.3. The monoisotopic (exact) mass is 347 g/mol. The van der Waals surface area contributed by atoms with Gasteiger partial charge in [0.15, 0.2) is 0 Å². The van der Waals surface area contributed by atoms with E-state index in [0.717, 1.165) is 40.1 Å². The third-order valence-electron chi connectivity index (χ3n) is 3.64. The second-order valence-electron chi connectivity index (χ2n) is 5.26. The van der Waals surface area contributed by atoms with Crippen molar-refractivity contribution in [2.45, 2.75) is 26.5 Å². The normalized spacial score (nSPS) is 12.9. The fraction of sp³-hybridized carbons (Fsp3) is 0.294. The van der Waals surface area contributed by atoms with Crippen LogP contribution in [0.2, 0.25) is 0 Å². The first-order chi connectivity index (χ1) is 10.2. The van der Waals surface area contributed by atoms with Gasteiger partial charge in [0.25, 0.3) is 0 Å². The molecular weight excluding hydrogens is 330 g/mol. The van der Waals surface area contributed by atoms with Crippen LogP contribution in [0, 0.1) is 6.92 Å². The topological polar surface area (TPSA) is 44.5 Å². The predicted molar refractivity (Wildman–Crippen MR) is 86.7 cm³/mol. The van der Waals surface area contributed by atoms with E-state index < -0.39 is 0 Å². The second kappa shape index (κ2) is 6.08. The Morgan fingerprint density at radius 3 is 2.90 bits per heavy atom. The Hall–Kier alpha value is -1.52. The number of nitrogens with two attached hydrogens (primary N) is 1. The summed E-state index contributed by atoms with van der Waals surface area (Å²) in [7, 11) is 0. The van der Waals surface area contributed by atoms with Crippen LogP contribution >= 0.6 is 15.9 Å². The molecule has 0 amide bonds. The van der Waals surface area contributed by atoms with Crippen molar-refractivity contribution in [1.82, 2.24) is 0 Å². The van der Waals surface area contributed by atoms with E-state index in [4.69, 9.17) is 15.2 Å². The standard InChI is InChI=1S/C17H18BrNO2/c1-11-2-3-16(13(6-11)9-19)21-10-14-8-15(18)7-12-4-5-20-17(12)14/h2-3,6-8H,4-5,9-10,19H2,1H3. The molecule has 1 heterocycles. The molecule has 21 heavy (non-hydrogen) atoms. The summed E-state index contributed by atoms with van der Waals surface area (Å²) < 4.78 is 12.8. The van der Waals surface area contributed by atoms with Crippen LogP contribution in [0.3, 0.4) is 0 Å². The number of benzene rings is 2. The average molecular weight is 348 g/mol. The van der Waals surface area contributed by atoms with Gasteiger partial charge in [0.1, 0.15) is 18.1 Å². The maximum absolute atomic E-state index is 5.97. The highest BCUT2D eigenvalue weighted by molar-refractivity contribution is 9.10. The highest BCUT2D eigenvalue weighted by Gasteiger charge is 2.18. The lowest BCUT2D eigenvalue weighted by molar-refractivity contribution is 0.289. The molecule has 0 unspecified atom stereocenters. The smallest absolute Gasteiger partial charge is 0.129 e. The van der Waals surface area contributed by atoms with E-state index in [0.29, 0.717) is 13.2 Å². The third-order valence-corrected chi connectivity index (χ3v) is 4.10. The number of halogens is 1. The molecular formula is C17H18BrNO2. The van der Waals surface area contributed by atoms with E-state index in [1.54, 1.807) is 0 Å². The summed E-state index contributed by atoms with van der Waals surface area (Å²) >= 11 is 3.55. The first-order valence-corrected chi connectivity index (χ1v) is 7.83. The zero-order chi connectivity index (χ0) is 14.8. The molecule has 2 aromatic rings. The van der Waals surface area contributed by atoms with Gasteiger partial charge in [0.05, 0.1) is 6.61 Å². The van der Waals surface area contributed by atoms with Crippen molar-refractivity contribution >= 4 is 15.9 Å². The Morgan fingerprint density at radius 1 is 1.24 bits per heavy atom. The number of aryl methyl sites for hydroxylation is 1. The molecule has 1 aliphatic heterocycles. The SMILES string of the molecule is Cc1ccc(OCc2cc(Br)cc3c2OCC3)c(CN)c1. The van der Waals surface area contributed by atoms with Gasteiger partial charge in [0, 0.05) is 28.6 Å². The van der Waals surface area contributed by atoms with Gasteiger partial charge >= 0.3 is 0 Å². The molecule has 3 nitrogen and oxygen atoms in total. The highest BCUT2D eigenvalue weighted by Crippen LogP contribution is 2.34. The maximum Gasteiger partial charge on any atom is 0.129 e. The summed E-state index contributed by atoms with van der Waals surface area (Å²) in [6.07, 6.45) is 0.959. The van der Waals surface area contributed by atoms with Crippen LogP contribution < -0.4 is 15.2 Å². The predicted octanol–water partition coefficient (Wildman–Crippen LogP) is 3.73. The average Bonchev–Trinajstić information content (AvgIpc) is 2.93. The summed E-state index contributed by atoms with van der Waals surface area (Å²) in [4.78, 5) is 0. The van der Waals surface area contributed by atoms with Crippen molar-refractivity contribution in [3.05, 3.63) is 57.1 Å². The van der Waals surface area contributed by atoms with Crippen molar-refractivity contribution in [2.75, 3.05) is 6.61 Å². The van der Waals surface area contributed by atoms with E-state index in [1.165, 1.54) is 11.1 Å². The van der Waals surface area contributed by atoms with Gasteiger partial charge < -0.3 is 15.2 Å². The quantitative estimate of drug-likeness (QED) is 0.916. The summed E-state index contributed by atoms with van der Waals surface area (Å²) in [5.41, 5.74) is 10.3. The molecule has 110 valence electrons. The van der Waals surface area contributed by atoms with Crippen LogP contribution in [0.5, 0.6) is 11.5 Å². The zero-order valence-electron chi connectivity index (χ0n) is 12.0. The molecule has 2 aromatic carbocycles. The Bertz CT molecular complexity index is 670. The molecule has 3 rings (SSSR count). The molecule has 2 N–H and O–H groups in total. The number of fused-ring (bicyclic) bond motifs is 1. The van der Waals surface area contributed by atoms with Crippen molar-refractivity contribution in [3.63, 3.8) is 0 Å². The van der Waals surface area contributed by atoms with E-state index in [1.807, 2.05) is 12.1 Å². The molecule has 0 atom stereocenters. The van der Waals surface area contributed by atoms with Crippen LogP contribution in [0.1, 0.15) is 22.3 Å². The molecule has 0 saturated carbocycles. The van der Waals surface area contributed by atoms with Gasteiger partial charge in [-0.05, 0) is 30.7 Å². The largest absolute Gasteiger partial charge is 0.493 e. The summed E-state index contributed by atoms with van der Waals surface area (Å²) in [5.74, 6) is 1.81. The van der Waals surface area contributed by atoms with Gasteiger partial charge in [-0.3, -0.25) is 0 Å². The van der Waals surface area contributed by atoms with Gasteiger partial charge in [0.2, 0.25) is 0 Å². The lowest BCUT2D eigenvalue weighted by Gasteiger charge is -2.13. The number of hydrogen-bond donors (Lipinski definition) is 1. The van der Waals surface area contributed by atoms with Crippen LogP contribution in [-0.2, 0) is 19.6 Å². The summed E-state index contributed by atoms with van der Waals surface area (Å²) in [6.45, 7) is 3.76. The fourth-order valence-corrected chi connectivity index (χ4v) is 3.17. The molecule has 4 heteroatoms. The Balaban J connectivity index is 1.83. The minimum atomic E-state index is 0.476. The Labute approximate surface area is 133 Å². The molecule has 0 radical (unpaired) electrons. The molecule has 0 bridgehead atoms. The lowest BCUT2D eigenvalue weighted by Crippen LogP contribution is -2.04. The maximum atomic E-state index is 5.97. The molecule has 0 aliphatic carbocycles. The zero-order valence-corrected chi connectivity index (χ0v) is 13.6. The van der Waals surface area contributed by atoms with Crippen LogP contribution in [0.25, 0.3) is 0 Å². The van der Waals surface area contributed by atoms with Crippen LogP contribution in [-0.4, -0.2) is 6.61 Å². The molecule has 0 fully saturated rings. The first kappa shape index (κ1) is 14.4. The van der Waals surface area contributed by atoms with E-state index in [2.05, 4.69) is 41.1 Å². The number of rotatable bonds is 4. The van der Waals surface area contributed by atoms with Crippen LogP contribution in [0.15, 0.2) is 34.8 Å².